The van der Waals surface area contributed by atoms with E-state index in [0.717, 1.165) is 0 Å². The molecule has 10 rings (SSSR count). The summed E-state index contributed by atoms with van der Waals surface area (Å²) in [5.74, 6) is 0. The molecule has 0 bridgehead atoms. The van der Waals surface area contributed by atoms with Gasteiger partial charge in [-0.25, -0.2) is 0 Å². The van der Waals surface area contributed by atoms with Crippen LogP contribution >= 0.6 is 0 Å². The molecule has 2 nitrogen and oxygen atoms in total. The largest absolute Gasteiger partial charge is 2.00 e. The maximum atomic E-state index is 2.50. The van der Waals surface area contributed by atoms with Gasteiger partial charge in [0.2, 0.25) is 0 Å². The van der Waals surface area contributed by atoms with Crippen LogP contribution in [0.1, 0.15) is 48.2 Å². The normalized spacial score (nSPS) is 14.2. The van der Waals surface area contributed by atoms with E-state index in [-0.39, 0.29) is 26.2 Å². The van der Waals surface area contributed by atoms with Crippen LogP contribution in [0.5, 0.6) is 0 Å². The van der Waals surface area contributed by atoms with Gasteiger partial charge in [0, 0.05) is 22.2 Å². The van der Waals surface area contributed by atoms with E-state index >= 15 is 0 Å². The van der Waals surface area contributed by atoms with Crippen LogP contribution in [0.15, 0.2) is 121 Å². The summed E-state index contributed by atoms with van der Waals surface area (Å²) in [7, 11) is 0. The van der Waals surface area contributed by atoms with Gasteiger partial charge in [-0.1, -0.05) is 48.5 Å². The summed E-state index contributed by atoms with van der Waals surface area (Å²) in [5.41, 5.74) is 11.6. The molecule has 2 aliphatic carbocycles. The first kappa shape index (κ1) is 28.5. The third kappa shape index (κ3) is 4.79. The van der Waals surface area contributed by atoms with Crippen LogP contribution in [0.4, 0.5) is 0 Å². The Morgan fingerprint density at radius 2 is 0.844 bits per heavy atom. The summed E-state index contributed by atoms with van der Waals surface area (Å²) in [4.78, 5) is 0. The summed E-state index contributed by atoms with van der Waals surface area (Å²) in [5, 5.41) is 8.23. The smallest absolute Gasteiger partial charge is 0.332 e. The SMILES string of the molecule is [Zr+2].c1ccc2[cH-]c(-n3c4c(c5ccccc53)CCCC4)cc2c1.c1ccc2[cH-]c(-n3c4c(c5ccccc53)CCCC4)cc2c1. The molecule has 2 heterocycles. The van der Waals surface area contributed by atoms with Crippen LogP contribution in [0.2, 0.25) is 0 Å². The standard InChI is InChI=1S/2C21H18N.Zr/c2*1-2-8-16-14-17(13-15(16)7-1)22-20-11-5-3-9-18(20)19-10-4-6-12-21(19)22;/h2*1-3,5,7-9,11,13-14H,4,6,10,12H2;/q2*-1;+2. The molecule has 218 valence electrons. The van der Waals surface area contributed by atoms with Gasteiger partial charge >= 0.3 is 26.2 Å². The Labute approximate surface area is 283 Å². The third-order valence-corrected chi connectivity index (χ3v) is 10.1. The number of fused-ring (bicyclic) bond motifs is 8. The van der Waals surface area contributed by atoms with Crippen LogP contribution in [0.25, 0.3) is 54.7 Å². The van der Waals surface area contributed by atoms with Gasteiger partial charge in [-0.2, -0.15) is 0 Å². The fraction of sp³-hybridized carbons (Fsp3) is 0.190. The van der Waals surface area contributed by atoms with E-state index in [4.69, 9.17) is 0 Å². The number of hydrogen-bond acceptors (Lipinski definition) is 0. The number of aryl methyl sites for hydroxylation is 2. The van der Waals surface area contributed by atoms with Crippen molar-refractivity contribution < 1.29 is 26.2 Å². The molecule has 2 aromatic heterocycles. The van der Waals surface area contributed by atoms with Crippen LogP contribution in [-0.4, -0.2) is 9.13 Å². The molecular formula is C42H36N2Zr. The molecule has 2 aliphatic rings. The Hall–Kier alpha value is -3.94. The molecule has 0 N–H and O–H groups in total. The quantitative estimate of drug-likeness (QED) is 0.164. The molecular weight excluding hydrogens is 624 g/mol. The van der Waals surface area contributed by atoms with Crippen molar-refractivity contribution in [3.8, 4) is 11.4 Å². The zero-order chi connectivity index (χ0) is 29.0. The summed E-state index contributed by atoms with van der Waals surface area (Å²) in [6.07, 6.45) is 10.1. The molecule has 0 radical (unpaired) electrons. The summed E-state index contributed by atoms with van der Waals surface area (Å²) in [6, 6.07) is 44.4. The second-order valence-electron chi connectivity index (χ2n) is 12.7. The van der Waals surface area contributed by atoms with Gasteiger partial charge in [-0.3, -0.25) is 0 Å². The Morgan fingerprint density at radius 3 is 1.31 bits per heavy atom. The Morgan fingerprint density at radius 1 is 0.444 bits per heavy atom. The second kappa shape index (κ2) is 11.8. The van der Waals surface area contributed by atoms with E-state index < -0.39 is 0 Å². The topological polar surface area (TPSA) is 9.86 Å². The molecule has 6 aromatic carbocycles. The predicted octanol–water partition coefficient (Wildman–Crippen LogP) is 10.8. The fourth-order valence-electron chi connectivity index (χ4n) is 8.11. The van der Waals surface area contributed by atoms with Crippen molar-refractivity contribution in [1.82, 2.24) is 9.13 Å². The fourth-order valence-corrected chi connectivity index (χ4v) is 8.11. The van der Waals surface area contributed by atoms with Gasteiger partial charge in [0.25, 0.3) is 0 Å². The van der Waals surface area contributed by atoms with Crippen molar-refractivity contribution in [3.05, 3.63) is 144 Å². The zero-order valence-corrected chi connectivity index (χ0v) is 28.1. The predicted molar refractivity (Wildman–Crippen MR) is 186 cm³/mol. The Kier molecular flexibility index (Phi) is 7.46. The molecule has 45 heavy (non-hydrogen) atoms. The number of hydrogen-bond donors (Lipinski definition) is 0. The minimum Gasteiger partial charge on any atom is -0.332 e. The number of aromatic nitrogens is 2. The first-order valence-corrected chi connectivity index (χ1v) is 16.4. The molecule has 0 spiro atoms. The van der Waals surface area contributed by atoms with Gasteiger partial charge < -0.3 is 9.13 Å². The summed E-state index contributed by atoms with van der Waals surface area (Å²) >= 11 is 0. The molecule has 0 fully saturated rings. The molecule has 0 unspecified atom stereocenters. The molecule has 0 atom stereocenters. The van der Waals surface area contributed by atoms with Crippen molar-refractivity contribution >= 4 is 43.4 Å². The molecule has 0 amide bonds. The number of benzene rings is 4. The van der Waals surface area contributed by atoms with Gasteiger partial charge in [-0.15, -0.1) is 82.2 Å². The molecule has 3 heteroatoms. The molecule has 0 saturated carbocycles. The van der Waals surface area contributed by atoms with Gasteiger partial charge in [0.1, 0.15) is 0 Å². The third-order valence-electron chi connectivity index (χ3n) is 10.1. The van der Waals surface area contributed by atoms with Crippen LogP contribution in [-0.2, 0) is 51.9 Å². The van der Waals surface area contributed by atoms with Crippen LogP contribution in [0, 0.1) is 0 Å². The maximum absolute atomic E-state index is 2.50. The van der Waals surface area contributed by atoms with E-state index in [0.29, 0.717) is 0 Å². The van der Waals surface area contributed by atoms with Crippen molar-refractivity contribution in [2.45, 2.75) is 51.4 Å². The maximum Gasteiger partial charge on any atom is 2.00 e. The minimum absolute atomic E-state index is 0. The van der Waals surface area contributed by atoms with E-state index in [1.165, 1.54) is 117 Å². The van der Waals surface area contributed by atoms with Crippen molar-refractivity contribution in [2.24, 2.45) is 0 Å². The van der Waals surface area contributed by atoms with Crippen LogP contribution in [0.3, 0.4) is 0 Å². The van der Waals surface area contributed by atoms with E-state index in [9.17, 15) is 0 Å². The first-order valence-electron chi connectivity index (χ1n) is 16.4. The number of para-hydroxylation sites is 2. The van der Waals surface area contributed by atoms with Crippen molar-refractivity contribution in [2.75, 3.05) is 0 Å². The van der Waals surface area contributed by atoms with E-state index in [1.54, 1.807) is 11.1 Å². The second-order valence-corrected chi connectivity index (χ2v) is 12.7. The minimum atomic E-state index is 0. The summed E-state index contributed by atoms with van der Waals surface area (Å²) in [6.45, 7) is 0. The Bertz CT molecular complexity index is 2070. The summed E-state index contributed by atoms with van der Waals surface area (Å²) < 4.78 is 5.01. The Balaban J connectivity index is 0.000000131. The van der Waals surface area contributed by atoms with Gasteiger partial charge in [-0.05, 0) is 86.0 Å². The number of rotatable bonds is 2. The molecule has 8 aromatic rings. The average molecular weight is 660 g/mol. The monoisotopic (exact) mass is 658 g/mol. The first-order chi connectivity index (χ1) is 21.8. The van der Waals surface area contributed by atoms with Crippen molar-refractivity contribution in [1.29, 1.82) is 0 Å². The average Bonchev–Trinajstić information content (AvgIpc) is 3.85. The van der Waals surface area contributed by atoms with Gasteiger partial charge in [0.15, 0.2) is 0 Å². The van der Waals surface area contributed by atoms with Crippen molar-refractivity contribution in [3.63, 3.8) is 0 Å². The van der Waals surface area contributed by atoms with E-state index in [2.05, 4.69) is 130 Å². The van der Waals surface area contributed by atoms with Crippen LogP contribution < -0.4 is 0 Å². The zero-order valence-electron chi connectivity index (χ0n) is 25.6. The molecule has 0 aliphatic heterocycles. The van der Waals surface area contributed by atoms with Gasteiger partial charge in [0.05, 0.1) is 11.0 Å². The number of nitrogens with zero attached hydrogens (tertiary/aromatic N) is 2. The molecule has 0 saturated heterocycles. The van der Waals surface area contributed by atoms with E-state index in [1.807, 2.05) is 0 Å².